The van der Waals surface area contributed by atoms with Gasteiger partial charge in [-0.15, -0.1) is 0 Å². The summed E-state index contributed by atoms with van der Waals surface area (Å²) in [6.45, 7) is 0.640. The van der Waals surface area contributed by atoms with E-state index in [1.54, 1.807) is 48.5 Å². The highest BCUT2D eigenvalue weighted by Crippen LogP contribution is 2.40. The van der Waals surface area contributed by atoms with Crippen LogP contribution in [0.25, 0.3) is 5.57 Å². The molecule has 0 spiro atoms. The van der Waals surface area contributed by atoms with Gasteiger partial charge in [0.2, 0.25) is 11.4 Å². The molecule has 0 aromatic heterocycles. The minimum atomic E-state index is -4.61. The molecule has 4 aromatic carbocycles. The Balaban J connectivity index is 1.68. The second-order valence-corrected chi connectivity index (χ2v) is 13.7. The zero-order valence-electron chi connectivity index (χ0n) is 25.7. The van der Waals surface area contributed by atoms with Crippen LogP contribution in [0.3, 0.4) is 0 Å². The number of para-hydroxylation sites is 2. The summed E-state index contributed by atoms with van der Waals surface area (Å²) >= 11 is 26.2. The zero-order chi connectivity index (χ0) is 35.1. The Bertz CT molecular complexity index is 2170. The van der Waals surface area contributed by atoms with Gasteiger partial charge < -0.3 is 4.90 Å². The largest absolute Gasteiger partial charge is 0.338 e. The van der Waals surface area contributed by atoms with Crippen LogP contribution in [0.5, 0.6) is 0 Å². The van der Waals surface area contributed by atoms with Crippen LogP contribution in [0.1, 0.15) is 24.0 Å². The van der Waals surface area contributed by atoms with Gasteiger partial charge in [-0.25, -0.2) is 0 Å². The molecule has 12 heteroatoms. The van der Waals surface area contributed by atoms with Crippen molar-refractivity contribution in [3.8, 4) is 12.1 Å². The summed E-state index contributed by atoms with van der Waals surface area (Å²) in [6, 6.07) is 28.2. The maximum Gasteiger partial charge on any atom is 0.295 e. The fourth-order valence-corrected chi connectivity index (χ4v) is 7.45. The van der Waals surface area contributed by atoms with E-state index in [2.05, 4.69) is 12.1 Å². The zero-order valence-corrected chi connectivity index (χ0v) is 29.5. The fourth-order valence-electron chi connectivity index (χ4n) is 5.55. The van der Waals surface area contributed by atoms with Gasteiger partial charge in [0.15, 0.2) is 6.54 Å². The normalized spacial score (nSPS) is 12.4. The molecule has 0 amide bonds. The molecule has 0 fully saturated rings. The van der Waals surface area contributed by atoms with Crippen molar-refractivity contribution in [1.29, 1.82) is 10.5 Å². The molecule has 49 heavy (non-hydrogen) atoms. The van der Waals surface area contributed by atoms with Crippen LogP contribution in [0.2, 0.25) is 20.1 Å². The Kier molecular flexibility index (Phi) is 11.6. The third kappa shape index (κ3) is 8.09. The van der Waals surface area contributed by atoms with Crippen molar-refractivity contribution in [1.82, 2.24) is 0 Å². The number of nitrogens with zero attached hydrogens (tertiary/aromatic N) is 4. The lowest BCUT2D eigenvalue weighted by atomic mass is 9.90. The van der Waals surface area contributed by atoms with Gasteiger partial charge in [0.1, 0.15) is 14.9 Å². The molecule has 5 rings (SSSR count). The number of rotatable bonds is 10. The Labute approximate surface area is 305 Å². The average molecular weight is 750 g/mol. The SMILES string of the molecule is N#CCCN(c1ccc(C(=C2C=CC(=[N+](CCC#N)c3c(Cl)cccc3Cl)C=C2)c2ccccc2S(=O)(=O)O)cc1)c1c(Cl)cccc1Cl. The van der Waals surface area contributed by atoms with E-state index in [9.17, 15) is 23.5 Å². The van der Waals surface area contributed by atoms with Crippen molar-refractivity contribution in [2.24, 2.45) is 0 Å². The van der Waals surface area contributed by atoms with Gasteiger partial charge in [-0.1, -0.05) is 88.9 Å². The van der Waals surface area contributed by atoms with E-state index < -0.39 is 10.1 Å². The minimum absolute atomic E-state index is 0.208. The second kappa shape index (κ2) is 15.9. The van der Waals surface area contributed by atoms with E-state index >= 15 is 0 Å². The Hall–Kier alpha value is -4.38. The molecule has 0 radical (unpaired) electrons. The first-order valence-corrected chi connectivity index (χ1v) is 17.8. The molecule has 7 nitrogen and oxygen atoms in total. The van der Waals surface area contributed by atoms with E-state index in [1.807, 2.05) is 58.0 Å². The van der Waals surface area contributed by atoms with Crippen molar-refractivity contribution in [3.63, 3.8) is 0 Å². The van der Waals surface area contributed by atoms with Crippen LogP contribution in [0, 0.1) is 22.7 Å². The number of anilines is 2. The number of nitriles is 2. The highest BCUT2D eigenvalue weighted by atomic mass is 35.5. The van der Waals surface area contributed by atoms with E-state index in [0.717, 1.165) is 0 Å². The lowest BCUT2D eigenvalue weighted by Crippen LogP contribution is -2.19. The smallest absolute Gasteiger partial charge is 0.295 e. The molecule has 1 N–H and O–H groups in total. The summed E-state index contributed by atoms with van der Waals surface area (Å²) in [4.78, 5) is 1.60. The van der Waals surface area contributed by atoms with Gasteiger partial charge in [0, 0.05) is 29.9 Å². The molecule has 1 aliphatic carbocycles. The second-order valence-electron chi connectivity index (χ2n) is 10.7. The average Bonchev–Trinajstić information content (AvgIpc) is 3.08. The molecule has 0 unspecified atom stereocenters. The van der Waals surface area contributed by atoms with Crippen LogP contribution in [-0.2, 0) is 10.1 Å². The summed E-state index contributed by atoms with van der Waals surface area (Å²) < 4.78 is 37.2. The molecule has 0 bridgehead atoms. The minimum Gasteiger partial charge on any atom is -0.338 e. The molecule has 0 aliphatic heterocycles. The number of allylic oxidation sites excluding steroid dienone is 5. The van der Waals surface area contributed by atoms with Crippen LogP contribution < -0.4 is 4.90 Å². The van der Waals surface area contributed by atoms with Gasteiger partial charge in [-0.05, 0) is 71.3 Å². The molecular weight excluding hydrogens is 722 g/mol. The lowest BCUT2D eigenvalue weighted by molar-refractivity contribution is -0.437. The Morgan fingerprint density at radius 3 is 1.88 bits per heavy atom. The highest BCUT2D eigenvalue weighted by molar-refractivity contribution is 7.86. The van der Waals surface area contributed by atoms with Crippen LogP contribution in [0.15, 0.2) is 120 Å². The molecule has 4 aromatic rings. The summed E-state index contributed by atoms with van der Waals surface area (Å²) in [6.07, 6.45) is 7.73. The lowest BCUT2D eigenvalue weighted by Gasteiger charge is -2.26. The van der Waals surface area contributed by atoms with Crippen molar-refractivity contribution in [3.05, 3.63) is 146 Å². The fraction of sp³-hybridized carbons (Fsp3) is 0.108. The van der Waals surface area contributed by atoms with Gasteiger partial charge in [0.05, 0.1) is 40.7 Å². The first-order chi connectivity index (χ1) is 23.5. The van der Waals surface area contributed by atoms with Crippen molar-refractivity contribution in [2.75, 3.05) is 18.0 Å². The van der Waals surface area contributed by atoms with E-state index in [-0.39, 0.29) is 23.3 Å². The van der Waals surface area contributed by atoms with Crippen molar-refractivity contribution in [2.45, 2.75) is 17.7 Å². The number of benzene rings is 4. The topological polar surface area (TPSA) is 108 Å². The number of hydrogen-bond acceptors (Lipinski definition) is 5. The van der Waals surface area contributed by atoms with Crippen LogP contribution in [-0.4, -0.2) is 36.3 Å². The van der Waals surface area contributed by atoms with Gasteiger partial charge in [-0.2, -0.15) is 23.5 Å². The number of hydrogen-bond donors (Lipinski definition) is 1. The Morgan fingerprint density at radius 1 is 0.735 bits per heavy atom. The van der Waals surface area contributed by atoms with E-state index in [1.165, 1.54) is 12.1 Å². The maximum atomic E-state index is 12.6. The van der Waals surface area contributed by atoms with Crippen LogP contribution in [0.4, 0.5) is 17.1 Å². The van der Waals surface area contributed by atoms with Gasteiger partial charge >= 0.3 is 0 Å². The first kappa shape index (κ1) is 35.9. The van der Waals surface area contributed by atoms with Crippen LogP contribution >= 0.6 is 46.4 Å². The summed E-state index contributed by atoms with van der Waals surface area (Å²) in [5, 5.41) is 20.4. The van der Waals surface area contributed by atoms with Crippen molar-refractivity contribution >= 4 is 84.9 Å². The molecule has 0 saturated carbocycles. The molecular formula is C37H27Cl4N4O3S+. The molecule has 0 saturated heterocycles. The number of halogens is 4. The summed E-state index contributed by atoms with van der Waals surface area (Å²) in [5.41, 5.74) is 4.64. The Morgan fingerprint density at radius 2 is 1.31 bits per heavy atom. The molecule has 246 valence electrons. The third-order valence-corrected chi connectivity index (χ3v) is 9.81. The molecule has 1 aliphatic rings. The van der Waals surface area contributed by atoms with E-state index in [0.29, 0.717) is 72.7 Å². The third-order valence-electron chi connectivity index (χ3n) is 7.68. The van der Waals surface area contributed by atoms with E-state index in [4.69, 9.17) is 46.4 Å². The predicted octanol–water partition coefficient (Wildman–Crippen LogP) is 10.2. The maximum absolute atomic E-state index is 12.6. The quantitative estimate of drug-likeness (QED) is 0.128. The monoisotopic (exact) mass is 747 g/mol. The molecule has 0 atom stereocenters. The standard InChI is InChI=1S/C37H26Cl4N4O3S/c38-30-8-3-9-31(39)36(30)44(23-5-21-42)27-17-13-25(14-18-27)35(29-7-1-2-12-34(29)49(46,47)48)26-15-19-28(20-16-26)45(24-6-22-43)37-32(40)10-4-11-33(37)41/h1-4,7-20H,5-6,23-24H2/p+1. The summed E-state index contributed by atoms with van der Waals surface area (Å²) in [5.74, 6) is 0. The first-order valence-electron chi connectivity index (χ1n) is 14.9. The predicted molar refractivity (Wildman–Crippen MR) is 197 cm³/mol. The summed E-state index contributed by atoms with van der Waals surface area (Å²) in [7, 11) is -4.61. The van der Waals surface area contributed by atoms with Crippen molar-refractivity contribution < 1.29 is 17.5 Å². The highest BCUT2D eigenvalue weighted by Gasteiger charge is 2.25. The van der Waals surface area contributed by atoms with Gasteiger partial charge in [-0.3, -0.25) is 4.55 Å². The molecule has 0 heterocycles. The van der Waals surface area contributed by atoms with Gasteiger partial charge in [0.25, 0.3) is 10.1 Å².